The number of rotatable bonds is 6. The maximum Gasteiger partial charge on any atom is 0.241 e. The van der Waals surface area contributed by atoms with E-state index in [1.54, 1.807) is 18.2 Å². The van der Waals surface area contributed by atoms with Crippen molar-refractivity contribution in [3.05, 3.63) is 28.2 Å². The van der Waals surface area contributed by atoms with Gasteiger partial charge in [-0.1, -0.05) is 13.0 Å². The fourth-order valence-electron chi connectivity index (χ4n) is 1.35. The quantitative estimate of drug-likeness (QED) is 0.783. The summed E-state index contributed by atoms with van der Waals surface area (Å²) in [5.74, 6) is 0. The second-order valence-corrected chi connectivity index (χ2v) is 6.27. The molecule has 0 bridgehead atoms. The summed E-state index contributed by atoms with van der Waals surface area (Å²) in [6, 6.07) is 5.18. The molecule has 0 aliphatic carbocycles. The second kappa shape index (κ2) is 6.49. The van der Waals surface area contributed by atoms with Crippen LogP contribution in [0, 0.1) is 6.92 Å². The number of sulfonamides is 1. The number of hydrogen-bond acceptors (Lipinski definition) is 3. The molecule has 1 aromatic rings. The van der Waals surface area contributed by atoms with E-state index >= 15 is 0 Å². The van der Waals surface area contributed by atoms with Crippen LogP contribution in [0.3, 0.4) is 0 Å². The van der Waals surface area contributed by atoms with Crippen LogP contribution < -0.4 is 10.0 Å². The molecule has 0 saturated carbocycles. The predicted octanol–water partition coefficient (Wildman–Crippen LogP) is 1.65. The van der Waals surface area contributed by atoms with Gasteiger partial charge in [0.15, 0.2) is 0 Å². The van der Waals surface area contributed by atoms with Gasteiger partial charge in [-0.15, -0.1) is 0 Å². The van der Waals surface area contributed by atoms with E-state index in [1.807, 2.05) is 13.8 Å². The minimum absolute atomic E-state index is 0.277. The van der Waals surface area contributed by atoms with E-state index in [1.165, 1.54) is 0 Å². The Morgan fingerprint density at radius 3 is 2.59 bits per heavy atom. The SMILES string of the molecule is CCNCCNS(=O)(=O)c1ccc(C)cc1Br. The highest BCUT2D eigenvalue weighted by Crippen LogP contribution is 2.22. The van der Waals surface area contributed by atoms with E-state index in [4.69, 9.17) is 0 Å². The van der Waals surface area contributed by atoms with Crippen molar-refractivity contribution in [2.75, 3.05) is 19.6 Å². The van der Waals surface area contributed by atoms with Crippen molar-refractivity contribution in [3.8, 4) is 0 Å². The van der Waals surface area contributed by atoms with Gasteiger partial charge in [0, 0.05) is 17.6 Å². The first-order valence-corrected chi connectivity index (χ1v) is 7.71. The maximum atomic E-state index is 12.0. The van der Waals surface area contributed by atoms with Gasteiger partial charge in [0.05, 0.1) is 4.90 Å². The average molecular weight is 321 g/mol. The van der Waals surface area contributed by atoms with Crippen LogP contribution in [0.5, 0.6) is 0 Å². The third-order valence-corrected chi connectivity index (χ3v) is 4.66. The highest BCUT2D eigenvalue weighted by Gasteiger charge is 2.16. The molecule has 0 aliphatic heterocycles. The molecule has 17 heavy (non-hydrogen) atoms. The van der Waals surface area contributed by atoms with Gasteiger partial charge in [-0.05, 0) is 47.1 Å². The largest absolute Gasteiger partial charge is 0.316 e. The maximum absolute atomic E-state index is 12.0. The highest BCUT2D eigenvalue weighted by molar-refractivity contribution is 9.10. The lowest BCUT2D eigenvalue weighted by Gasteiger charge is -2.09. The zero-order valence-electron chi connectivity index (χ0n) is 9.96. The van der Waals surface area contributed by atoms with Crippen molar-refractivity contribution in [1.82, 2.24) is 10.0 Å². The summed E-state index contributed by atoms with van der Waals surface area (Å²) < 4.78 is 27.1. The first kappa shape index (κ1) is 14.6. The van der Waals surface area contributed by atoms with Crippen LogP contribution in [-0.4, -0.2) is 28.1 Å². The Hall–Kier alpha value is -0.430. The molecule has 1 aromatic carbocycles. The van der Waals surface area contributed by atoms with E-state index in [9.17, 15) is 8.42 Å². The lowest BCUT2D eigenvalue weighted by molar-refractivity contribution is 0.577. The first-order valence-electron chi connectivity index (χ1n) is 5.44. The number of nitrogens with one attached hydrogen (secondary N) is 2. The third kappa shape index (κ3) is 4.39. The third-order valence-electron chi connectivity index (χ3n) is 2.22. The molecule has 6 heteroatoms. The topological polar surface area (TPSA) is 58.2 Å². The van der Waals surface area contributed by atoms with E-state index in [2.05, 4.69) is 26.0 Å². The Morgan fingerprint density at radius 1 is 1.29 bits per heavy atom. The number of likely N-dealkylation sites (N-methyl/N-ethyl adjacent to an activating group) is 1. The molecule has 0 unspecified atom stereocenters. The monoisotopic (exact) mass is 320 g/mol. The van der Waals surface area contributed by atoms with E-state index < -0.39 is 10.0 Å². The lowest BCUT2D eigenvalue weighted by atomic mass is 10.2. The van der Waals surface area contributed by atoms with Gasteiger partial charge >= 0.3 is 0 Å². The van der Waals surface area contributed by atoms with Gasteiger partial charge in [0.1, 0.15) is 0 Å². The van der Waals surface area contributed by atoms with E-state index in [0.717, 1.165) is 12.1 Å². The lowest BCUT2D eigenvalue weighted by Crippen LogP contribution is -2.31. The Morgan fingerprint density at radius 2 is 2.00 bits per heavy atom. The van der Waals surface area contributed by atoms with Crippen LogP contribution in [0.2, 0.25) is 0 Å². The van der Waals surface area contributed by atoms with Gasteiger partial charge in [0.25, 0.3) is 0 Å². The summed E-state index contributed by atoms with van der Waals surface area (Å²) in [6.45, 7) is 5.73. The molecule has 1 rings (SSSR count). The fraction of sp³-hybridized carbons (Fsp3) is 0.455. The molecule has 0 saturated heterocycles. The summed E-state index contributed by atoms with van der Waals surface area (Å²) >= 11 is 3.27. The Kier molecular flexibility index (Phi) is 5.58. The van der Waals surface area contributed by atoms with Crippen LogP contribution in [0.25, 0.3) is 0 Å². The van der Waals surface area contributed by atoms with Crippen molar-refractivity contribution in [1.29, 1.82) is 0 Å². The zero-order chi connectivity index (χ0) is 12.9. The Labute approximate surface area is 111 Å². The molecule has 0 amide bonds. The minimum Gasteiger partial charge on any atom is -0.316 e. The van der Waals surface area contributed by atoms with Crippen molar-refractivity contribution in [2.45, 2.75) is 18.7 Å². The molecule has 0 fully saturated rings. The molecule has 0 aromatic heterocycles. The molecule has 0 heterocycles. The van der Waals surface area contributed by atoms with Crippen molar-refractivity contribution < 1.29 is 8.42 Å². The smallest absolute Gasteiger partial charge is 0.241 e. The van der Waals surface area contributed by atoms with Crippen LogP contribution in [-0.2, 0) is 10.0 Å². The van der Waals surface area contributed by atoms with Gasteiger partial charge in [-0.3, -0.25) is 0 Å². The normalized spacial score (nSPS) is 11.7. The molecule has 0 aliphatic rings. The molecule has 0 atom stereocenters. The molecule has 0 spiro atoms. The van der Waals surface area contributed by atoms with Crippen molar-refractivity contribution in [3.63, 3.8) is 0 Å². The molecule has 2 N–H and O–H groups in total. The molecular weight excluding hydrogens is 304 g/mol. The molecule has 4 nitrogen and oxygen atoms in total. The second-order valence-electron chi connectivity index (χ2n) is 3.69. The van der Waals surface area contributed by atoms with E-state index in [-0.39, 0.29) is 4.90 Å². The number of aryl methyl sites for hydroxylation is 1. The van der Waals surface area contributed by atoms with Crippen LogP contribution in [0.4, 0.5) is 0 Å². The minimum atomic E-state index is -3.43. The number of halogens is 1. The summed E-state index contributed by atoms with van der Waals surface area (Å²) in [6.07, 6.45) is 0. The summed E-state index contributed by atoms with van der Waals surface area (Å²) in [5, 5.41) is 3.06. The summed E-state index contributed by atoms with van der Waals surface area (Å²) in [5.41, 5.74) is 1.02. The van der Waals surface area contributed by atoms with Gasteiger partial charge in [0.2, 0.25) is 10.0 Å². The fourth-order valence-corrected chi connectivity index (χ4v) is 3.57. The average Bonchev–Trinajstić information content (AvgIpc) is 2.24. The standard InChI is InChI=1S/C11H17BrN2O2S/c1-3-13-6-7-14-17(15,16)11-5-4-9(2)8-10(11)12/h4-5,8,13-14H,3,6-7H2,1-2H3. The van der Waals surface area contributed by atoms with Gasteiger partial charge < -0.3 is 5.32 Å². The number of hydrogen-bond donors (Lipinski definition) is 2. The molecule has 0 radical (unpaired) electrons. The zero-order valence-corrected chi connectivity index (χ0v) is 12.4. The summed E-state index contributed by atoms with van der Waals surface area (Å²) in [7, 11) is -3.43. The summed E-state index contributed by atoms with van der Waals surface area (Å²) in [4.78, 5) is 0.277. The van der Waals surface area contributed by atoms with E-state index in [0.29, 0.717) is 17.6 Å². The molecular formula is C11H17BrN2O2S. The van der Waals surface area contributed by atoms with Crippen LogP contribution in [0.15, 0.2) is 27.6 Å². The van der Waals surface area contributed by atoms with Crippen molar-refractivity contribution in [2.24, 2.45) is 0 Å². The van der Waals surface area contributed by atoms with Gasteiger partial charge in [-0.2, -0.15) is 0 Å². The predicted molar refractivity (Wildman–Crippen MR) is 72.6 cm³/mol. The van der Waals surface area contributed by atoms with Gasteiger partial charge in [-0.25, -0.2) is 13.1 Å². The van der Waals surface area contributed by atoms with Crippen LogP contribution >= 0.6 is 15.9 Å². The first-order chi connectivity index (χ1) is 7.97. The number of benzene rings is 1. The highest BCUT2D eigenvalue weighted by atomic mass is 79.9. The Balaban J connectivity index is 2.76. The van der Waals surface area contributed by atoms with Crippen molar-refractivity contribution >= 4 is 26.0 Å². The Bertz CT molecular complexity index is 474. The van der Waals surface area contributed by atoms with Crippen LogP contribution in [0.1, 0.15) is 12.5 Å². The molecule has 96 valence electrons.